The predicted octanol–water partition coefficient (Wildman–Crippen LogP) is -1.41. The maximum absolute atomic E-state index is 12.1. The Kier molecular flexibility index (Phi) is 4.34. The van der Waals surface area contributed by atoms with Crippen molar-refractivity contribution in [2.24, 2.45) is 0 Å². The zero-order chi connectivity index (χ0) is 14.6. The van der Waals surface area contributed by atoms with Crippen molar-refractivity contribution in [3.63, 3.8) is 0 Å². The number of pyridine rings is 1. The lowest BCUT2D eigenvalue weighted by atomic mass is 10.3. The molecule has 0 bridgehead atoms. The molecule has 1 aromatic rings. The van der Waals surface area contributed by atoms with Gasteiger partial charge in [-0.2, -0.15) is 0 Å². The molecule has 1 atom stereocenters. The van der Waals surface area contributed by atoms with Crippen molar-refractivity contribution in [2.45, 2.75) is 17.4 Å². The van der Waals surface area contributed by atoms with Crippen LogP contribution in [0.1, 0.15) is 12.0 Å². The van der Waals surface area contributed by atoms with Gasteiger partial charge in [-0.05, 0) is 6.07 Å². The van der Waals surface area contributed by atoms with E-state index in [1.165, 1.54) is 18.5 Å². The zero-order valence-corrected chi connectivity index (χ0v) is 11.3. The van der Waals surface area contributed by atoms with Crippen LogP contribution in [0.15, 0.2) is 23.4 Å². The molecule has 2 rings (SSSR count). The number of aliphatic hydroxyl groups is 1. The fourth-order valence-corrected chi connectivity index (χ4v) is 2.98. The van der Waals surface area contributed by atoms with Gasteiger partial charge in [-0.15, -0.1) is 0 Å². The third kappa shape index (κ3) is 3.54. The number of rotatable bonds is 3. The van der Waals surface area contributed by atoms with Gasteiger partial charge < -0.3 is 10.4 Å². The first-order valence-corrected chi connectivity index (χ1v) is 7.33. The van der Waals surface area contributed by atoms with E-state index in [0.717, 1.165) is 0 Å². The van der Waals surface area contributed by atoms with Gasteiger partial charge in [0, 0.05) is 37.0 Å². The molecule has 2 heterocycles. The van der Waals surface area contributed by atoms with Crippen molar-refractivity contribution in [3.8, 4) is 11.8 Å². The average Bonchev–Trinajstić information content (AvgIpc) is 2.81. The molecule has 0 spiro atoms. The van der Waals surface area contributed by atoms with E-state index in [1.54, 1.807) is 0 Å². The number of sulfonamides is 1. The first kappa shape index (κ1) is 14.5. The first-order valence-electron chi connectivity index (χ1n) is 5.85. The minimum atomic E-state index is -3.75. The Morgan fingerprint density at radius 1 is 1.50 bits per heavy atom. The lowest BCUT2D eigenvalue weighted by molar-refractivity contribution is -0.119. The summed E-state index contributed by atoms with van der Waals surface area (Å²) < 4.78 is 26.7. The maximum atomic E-state index is 12.1. The summed E-state index contributed by atoms with van der Waals surface area (Å²) in [6, 6.07) is 0.905. The number of aromatic nitrogens is 1. The highest BCUT2D eigenvalue weighted by Gasteiger charge is 2.27. The minimum absolute atomic E-state index is 0.0263. The lowest BCUT2D eigenvalue weighted by Gasteiger charge is -2.10. The second-order valence-electron chi connectivity index (χ2n) is 4.20. The first-order chi connectivity index (χ1) is 9.51. The summed E-state index contributed by atoms with van der Waals surface area (Å²) in [5, 5.41) is 11.2. The Labute approximate surface area is 116 Å². The second kappa shape index (κ2) is 6.00. The van der Waals surface area contributed by atoms with E-state index in [-0.39, 0.29) is 30.4 Å². The number of carbonyl (C=O) groups is 1. The molecule has 0 aromatic carbocycles. The third-order valence-electron chi connectivity index (χ3n) is 2.63. The molecule has 1 aliphatic rings. The smallest absolute Gasteiger partial charge is 0.242 e. The normalized spacial score (nSPS) is 18.2. The van der Waals surface area contributed by atoms with Crippen LogP contribution in [0.2, 0.25) is 0 Å². The molecule has 1 fully saturated rings. The molecule has 20 heavy (non-hydrogen) atoms. The number of amides is 1. The molecule has 106 valence electrons. The van der Waals surface area contributed by atoms with Crippen LogP contribution < -0.4 is 10.0 Å². The van der Waals surface area contributed by atoms with E-state index in [1.807, 2.05) is 0 Å². The largest absolute Gasteiger partial charge is 0.384 e. The predicted molar refractivity (Wildman–Crippen MR) is 69.9 cm³/mol. The van der Waals surface area contributed by atoms with E-state index in [2.05, 4.69) is 26.9 Å². The molecule has 0 radical (unpaired) electrons. The van der Waals surface area contributed by atoms with Gasteiger partial charge in [-0.3, -0.25) is 9.78 Å². The molecule has 1 amide bonds. The van der Waals surface area contributed by atoms with Crippen LogP contribution in [0.25, 0.3) is 0 Å². The molecule has 1 unspecified atom stereocenters. The summed E-state index contributed by atoms with van der Waals surface area (Å²) in [5.74, 6) is 4.82. The quantitative estimate of drug-likeness (QED) is 0.594. The van der Waals surface area contributed by atoms with Crippen molar-refractivity contribution < 1.29 is 18.3 Å². The van der Waals surface area contributed by atoms with Crippen LogP contribution in [0.4, 0.5) is 0 Å². The standard InChI is InChI=1S/C12H13N3O4S/c16-3-1-2-9-4-11(8-13-6-9)20(18,19)15-10-5-12(17)14-7-10/h4,6,8,10,15-16H,3,5,7H2,(H,14,17). The molecule has 1 saturated heterocycles. The van der Waals surface area contributed by atoms with Crippen molar-refractivity contribution in [1.29, 1.82) is 0 Å². The minimum Gasteiger partial charge on any atom is -0.384 e. The maximum Gasteiger partial charge on any atom is 0.242 e. The van der Waals surface area contributed by atoms with Crippen molar-refractivity contribution in [3.05, 3.63) is 24.0 Å². The summed E-state index contributed by atoms with van der Waals surface area (Å²) in [6.45, 7) is -0.0411. The highest BCUT2D eigenvalue weighted by atomic mass is 32.2. The van der Waals surface area contributed by atoms with E-state index in [9.17, 15) is 13.2 Å². The van der Waals surface area contributed by atoms with Crippen LogP contribution in [0.5, 0.6) is 0 Å². The highest BCUT2D eigenvalue weighted by Crippen LogP contribution is 2.11. The SMILES string of the molecule is O=C1CC(NS(=O)(=O)c2cncc(C#CCO)c2)CN1. The van der Waals surface area contributed by atoms with Crippen molar-refractivity contribution in [1.82, 2.24) is 15.0 Å². The Morgan fingerprint density at radius 2 is 2.30 bits per heavy atom. The number of aliphatic hydroxyl groups excluding tert-OH is 1. The van der Waals surface area contributed by atoms with Crippen LogP contribution in [0, 0.1) is 11.8 Å². The van der Waals surface area contributed by atoms with E-state index < -0.39 is 16.1 Å². The zero-order valence-electron chi connectivity index (χ0n) is 10.5. The Balaban J connectivity index is 2.18. The van der Waals surface area contributed by atoms with Crippen LogP contribution >= 0.6 is 0 Å². The molecular weight excluding hydrogens is 282 g/mol. The summed E-state index contributed by atoms with van der Waals surface area (Å²) in [5.41, 5.74) is 0.391. The monoisotopic (exact) mass is 295 g/mol. The van der Waals surface area contributed by atoms with Gasteiger partial charge in [0.1, 0.15) is 11.5 Å². The lowest BCUT2D eigenvalue weighted by Crippen LogP contribution is -2.36. The topological polar surface area (TPSA) is 108 Å². The van der Waals surface area contributed by atoms with Crippen LogP contribution in [-0.2, 0) is 14.8 Å². The summed E-state index contributed by atoms with van der Waals surface area (Å²) in [6.07, 6.45) is 2.73. The van der Waals surface area contributed by atoms with E-state index >= 15 is 0 Å². The Morgan fingerprint density at radius 3 is 2.95 bits per heavy atom. The van der Waals surface area contributed by atoms with Crippen LogP contribution in [-0.4, -0.2) is 43.6 Å². The molecule has 3 N–H and O–H groups in total. The van der Waals surface area contributed by atoms with Gasteiger partial charge in [0.05, 0.1) is 0 Å². The van der Waals surface area contributed by atoms with E-state index in [4.69, 9.17) is 5.11 Å². The summed E-state index contributed by atoms with van der Waals surface area (Å²) >= 11 is 0. The molecular formula is C12H13N3O4S. The number of carbonyl (C=O) groups excluding carboxylic acids is 1. The van der Waals surface area contributed by atoms with Gasteiger partial charge in [-0.1, -0.05) is 11.8 Å². The number of hydrogen-bond acceptors (Lipinski definition) is 5. The fraction of sp³-hybridized carbons (Fsp3) is 0.333. The third-order valence-corrected chi connectivity index (χ3v) is 4.12. The number of nitrogens with one attached hydrogen (secondary N) is 2. The van der Waals surface area contributed by atoms with Gasteiger partial charge in [0.25, 0.3) is 0 Å². The summed E-state index contributed by atoms with van der Waals surface area (Å²) in [4.78, 5) is 14.8. The second-order valence-corrected chi connectivity index (χ2v) is 5.91. The molecule has 1 aromatic heterocycles. The van der Waals surface area contributed by atoms with Gasteiger partial charge in [-0.25, -0.2) is 13.1 Å². The van der Waals surface area contributed by atoms with Crippen molar-refractivity contribution >= 4 is 15.9 Å². The van der Waals surface area contributed by atoms with Gasteiger partial charge in [0.15, 0.2) is 0 Å². The average molecular weight is 295 g/mol. The van der Waals surface area contributed by atoms with Crippen LogP contribution in [0.3, 0.4) is 0 Å². The number of hydrogen-bond donors (Lipinski definition) is 3. The number of nitrogens with zero attached hydrogens (tertiary/aromatic N) is 1. The molecule has 8 heteroatoms. The molecule has 0 saturated carbocycles. The highest BCUT2D eigenvalue weighted by molar-refractivity contribution is 7.89. The van der Waals surface area contributed by atoms with Crippen molar-refractivity contribution in [2.75, 3.05) is 13.2 Å². The van der Waals surface area contributed by atoms with Gasteiger partial charge >= 0.3 is 0 Å². The Hall–Kier alpha value is -1.95. The fourth-order valence-electron chi connectivity index (χ4n) is 1.75. The Bertz CT molecular complexity index is 675. The summed E-state index contributed by atoms with van der Waals surface area (Å²) in [7, 11) is -3.75. The molecule has 7 nitrogen and oxygen atoms in total. The van der Waals surface area contributed by atoms with Gasteiger partial charge in [0.2, 0.25) is 15.9 Å². The van der Waals surface area contributed by atoms with E-state index in [0.29, 0.717) is 5.56 Å². The molecule has 1 aliphatic heterocycles. The molecule has 0 aliphatic carbocycles.